The van der Waals surface area contributed by atoms with Crippen molar-refractivity contribution in [3.05, 3.63) is 41.7 Å². The van der Waals surface area contributed by atoms with Gasteiger partial charge in [-0.1, -0.05) is 18.2 Å². The molecule has 0 bridgehead atoms. The topological polar surface area (TPSA) is 67.4 Å². The van der Waals surface area contributed by atoms with Crippen LogP contribution in [0.15, 0.2) is 30.5 Å². The molecule has 4 rings (SSSR count). The summed E-state index contributed by atoms with van der Waals surface area (Å²) in [5.41, 5.74) is 3.59. The van der Waals surface area contributed by atoms with Gasteiger partial charge in [-0.05, 0) is 32.4 Å². The number of hydrogen-bond donors (Lipinski definition) is 2. The van der Waals surface area contributed by atoms with Crippen LogP contribution in [0.5, 0.6) is 0 Å². The maximum Gasteiger partial charge on any atom is 0.163 e. The predicted octanol–water partition coefficient (Wildman–Crippen LogP) is 3.21. The van der Waals surface area contributed by atoms with Gasteiger partial charge in [0, 0.05) is 22.5 Å². The van der Waals surface area contributed by atoms with E-state index in [2.05, 4.69) is 16.0 Å². The number of ether oxygens (including phenoxy) is 2. The van der Waals surface area contributed by atoms with E-state index in [1.807, 2.05) is 45.2 Å². The van der Waals surface area contributed by atoms with Crippen LogP contribution in [-0.2, 0) is 9.47 Å². The molecule has 1 saturated heterocycles. The Balaban J connectivity index is 1.86. The number of H-pyrrole nitrogens is 1. The zero-order valence-corrected chi connectivity index (χ0v) is 13.5. The number of aryl methyl sites for hydroxylation is 1. The number of rotatable bonds is 2. The van der Waals surface area contributed by atoms with E-state index in [1.54, 1.807) is 0 Å². The quantitative estimate of drug-likeness (QED) is 0.762. The van der Waals surface area contributed by atoms with Crippen molar-refractivity contribution in [3.8, 4) is 0 Å². The van der Waals surface area contributed by atoms with Gasteiger partial charge in [0.1, 0.15) is 12.2 Å². The lowest BCUT2D eigenvalue weighted by atomic mass is 10.0. The average Bonchev–Trinajstić information content (AvgIpc) is 3.07. The molecule has 23 heavy (non-hydrogen) atoms. The minimum atomic E-state index is -0.840. The first kappa shape index (κ1) is 14.6. The highest BCUT2D eigenvalue weighted by atomic mass is 16.7. The second-order valence-electron chi connectivity index (χ2n) is 6.56. The highest BCUT2D eigenvalue weighted by Crippen LogP contribution is 2.35. The van der Waals surface area contributed by atoms with Crippen molar-refractivity contribution in [1.82, 2.24) is 9.97 Å². The number of fused-ring (bicyclic) bond motifs is 3. The van der Waals surface area contributed by atoms with E-state index in [0.29, 0.717) is 12.3 Å². The summed E-state index contributed by atoms with van der Waals surface area (Å²) in [6.45, 7) is 6.08. The molecule has 0 radical (unpaired) electrons. The summed E-state index contributed by atoms with van der Waals surface area (Å²) in [5, 5.41) is 13.0. The van der Waals surface area contributed by atoms with E-state index in [1.165, 1.54) is 0 Å². The average molecular weight is 312 g/mol. The number of nitrogens with zero attached hydrogens (tertiary/aromatic N) is 1. The molecule has 0 aliphatic carbocycles. The van der Waals surface area contributed by atoms with E-state index in [9.17, 15) is 5.11 Å². The van der Waals surface area contributed by atoms with Crippen LogP contribution in [-0.4, -0.2) is 33.6 Å². The van der Waals surface area contributed by atoms with Gasteiger partial charge in [0.05, 0.1) is 17.8 Å². The van der Waals surface area contributed by atoms with E-state index in [-0.39, 0.29) is 0 Å². The number of pyridine rings is 1. The number of nitrogens with one attached hydrogen (secondary N) is 1. The van der Waals surface area contributed by atoms with E-state index >= 15 is 0 Å². The Morgan fingerprint density at radius 2 is 2.13 bits per heavy atom. The zero-order chi connectivity index (χ0) is 16.2. The molecule has 5 heteroatoms. The molecule has 3 heterocycles. The minimum absolute atomic E-state index is 0.353. The number of benzene rings is 1. The van der Waals surface area contributed by atoms with Crippen molar-refractivity contribution in [2.24, 2.45) is 0 Å². The Morgan fingerprint density at radius 1 is 1.35 bits per heavy atom. The smallest absolute Gasteiger partial charge is 0.163 e. The van der Waals surface area contributed by atoms with Crippen molar-refractivity contribution in [2.75, 3.05) is 6.61 Å². The molecule has 3 aromatic rings. The SMILES string of the molecule is Cc1cnc(C(O)[C@@H]2COC(C)(C)O2)c2[nH]c3ccccc3c12. The number of aromatic amines is 1. The first-order valence-corrected chi connectivity index (χ1v) is 7.82. The molecule has 2 aromatic heterocycles. The molecule has 1 aliphatic heterocycles. The summed E-state index contributed by atoms with van der Waals surface area (Å²) in [5.74, 6) is -0.671. The van der Waals surface area contributed by atoms with Gasteiger partial charge in [0.2, 0.25) is 0 Å². The molecule has 2 atom stereocenters. The number of hydrogen-bond acceptors (Lipinski definition) is 4. The standard InChI is InChI=1S/C18H20N2O3/c1-10-8-19-16(17(21)13-9-22-18(2,3)23-13)15-14(10)11-6-4-5-7-12(11)20-15/h4-8,13,17,20-21H,9H2,1-3H3/t13-,17?/m0/s1. The van der Waals surface area contributed by atoms with Crippen molar-refractivity contribution >= 4 is 21.8 Å². The Bertz CT molecular complexity index is 884. The summed E-state index contributed by atoms with van der Waals surface area (Å²) < 4.78 is 11.4. The molecule has 0 amide bonds. The second kappa shape index (κ2) is 5.03. The van der Waals surface area contributed by atoms with Crippen LogP contribution in [0.25, 0.3) is 21.8 Å². The Morgan fingerprint density at radius 3 is 2.87 bits per heavy atom. The van der Waals surface area contributed by atoms with Crippen LogP contribution >= 0.6 is 0 Å². The minimum Gasteiger partial charge on any atom is -0.384 e. The molecule has 1 aliphatic rings. The van der Waals surface area contributed by atoms with Crippen molar-refractivity contribution < 1.29 is 14.6 Å². The maximum atomic E-state index is 10.8. The van der Waals surface area contributed by atoms with Gasteiger partial charge in [0.15, 0.2) is 5.79 Å². The lowest BCUT2D eigenvalue weighted by Crippen LogP contribution is -2.26. The van der Waals surface area contributed by atoms with Crippen molar-refractivity contribution in [1.29, 1.82) is 0 Å². The predicted molar refractivity (Wildman–Crippen MR) is 88.2 cm³/mol. The highest BCUT2D eigenvalue weighted by molar-refractivity contribution is 6.09. The van der Waals surface area contributed by atoms with Crippen LogP contribution in [0.3, 0.4) is 0 Å². The van der Waals surface area contributed by atoms with Crippen LogP contribution in [0.2, 0.25) is 0 Å². The van der Waals surface area contributed by atoms with Gasteiger partial charge in [-0.25, -0.2) is 0 Å². The van der Waals surface area contributed by atoms with Crippen LogP contribution in [0, 0.1) is 6.92 Å². The fourth-order valence-corrected chi connectivity index (χ4v) is 3.31. The molecular weight excluding hydrogens is 292 g/mol. The first-order chi connectivity index (χ1) is 11.0. The van der Waals surface area contributed by atoms with Gasteiger partial charge in [-0.15, -0.1) is 0 Å². The fraction of sp³-hybridized carbons (Fsp3) is 0.389. The molecular formula is C18H20N2O3. The largest absolute Gasteiger partial charge is 0.384 e. The monoisotopic (exact) mass is 312 g/mol. The Kier molecular flexibility index (Phi) is 3.20. The van der Waals surface area contributed by atoms with Gasteiger partial charge in [0.25, 0.3) is 0 Å². The molecule has 1 aromatic carbocycles. The molecule has 1 fully saturated rings. The molecule has 120 valence electrons. The third-order valence-electron chi connectivity index (χ3n) is 4.42. The molecule has 2 N–H and O–H groups in total. The third kappa shape index (κ3) is 2.32. The molecule has 1 unspecified atom stereocenters. The summed E-state index contributed by atoms with van der Waals surface area (Å²) in [6.07, 6.45) is 0.546. The van der Waals surface area contributed by atoms with Crippen molar-refractivity contribution in [3.63, 3.8) is 0 Å². The van der Waals surface area contributed by atoms with Crippen LogP contribution in [0.1, 0.15) is 31.2 Å². The van der Waals surface area contributed by atoms with Gasteiger partial charge in [-0.2, -0.15) is 0 Å². The third-order valence-corrected chi connectivity index (χ3v) is 4.42. The maximum absolute atomic E-state index is 10.8. The summed E-state index contributed by atoms with van der Waals surface area (Å²) >= 11 is 0. The first-order valence-electron chi connectivity index (χ1n) is 7.82. The lowest BCUT2D eigenvalue weighted by Gasteiger charge is -2.20. The molecule has 0 saturated carbocycles. The van der Waals surface area contributed by atoms with Gasteiger partial charge in [-0.3, -0.25) is 4.98 Å². The number of aliphatic hydroxyl groups is 1. The summed E-state index contributed by atoms with van der Waals surface area (Å²) in [7, 11) is 0. The van der Waals surface area contributed by atoms with Crippen LogP contribution < -0.4 is 0 Å². The highest BCUT2D eigenvalue weighted by Gasteiger charge is 2.38. The normalized spacial score (nSPS) is 22.0. The number of aliphatic hydroxyl groups excluding tert-OH is 1. The van der Waals surface area contributed by atoms with Gasteiger partial charge >= 0.3 is 0 Å². The Labute approximate surface area is 134 Å². The van der Waals surface area contributed by atoms with Crippen LogP contribution in [0.4, 0.5) is 0 Å². The number of para-hydroxylation sites is 1. The molecule has 5 nitrogen and oxygen atoms in total. The Hall–Kier alpha value is -1.95. The van der Waals surface area contributed by atoms with E-state index in [4.69, 9.17) is 9.47 Å². The fourth-order valence-electron chi connectivity index (χ4n) is 3.31. The molecule has 0 spiro atoms. The van der Waals surface area contributed by atoms with E-state index < -0.39 is 18.0 Å². The van der Waals surface area contributed by atoms with Crippen molar-refractivity contribution in [2.45, 2.75) is 38.8 Å². The number of aromatic nitrogens is 2. The second-order valence-corrected chi connectivity index (χ2v) is 6.56. The van der Waals surface area contributed by atoms with Gasteiger partial charge < -0.3 is 19.6 Å². The lowest BCUT2D eigenvalue weighted by molar-refractivity contribution is -0.151. The zero-order valence-electron chi connectivity index (χ0n) is 13.5. The van der Waals surface area contributed by atoms with E-state index in [0.717, 1.165) is 27.4 Å². The summed E-state index contributed by atoms with van der Waals surface area (Å²) in [4.78, 5) is 7.87. The summed E-state index contributed by atoms with van der Waals surface area (Å²) in [6, 6.07) is 8.12.